The van der Waals surface area contributed by atoms with Crippen LogP contribution in [0.15, 0.2) is 23.0 Å². The number of aromatic nitrogens is 5. The Morgan fingerprint density at radius 3 is 3.11 bits per heavy atom. The third-order valence-corrected chi connectivity index (χ3v) is 2.61. The summed E-state index contributed by atoms with van der Waals surface area (Å²) in [5.74, 6) is 1.11. The topological polar surface area (TPSA) is 78.3 Å². The Bertz CT molecular complexity index is 692. The molecule has 3 heterocycles. The van der Waals surface area contributed by atoms with Crippen molar-refractivity contribution in [2.24, 2.45) is 0 Å². The third kappa shape index (κ3) is 1.73. The van der Waals surface area contributed by atoms with Gasteiger partial charge in [0.15, 0.2) is 22.9 Å². The summed E-state index contributed by atoms with van der Waals surface area (Å²) in [5, 5.41) is 12.3. The molecule has 0 unspecified atom stereocenters. The molecule has 18 heavy (non-hydrogen) atoms. The van der Waals surface area contributed by atoms with Gasteiger partial charge in [0, 0.05) is 13.2 Å². The van der Waals surface area contributed by atoms with Gasteiger partial charge in [-0.05, 0) is 0 Å². The fraction of sp³-hybridized carbons (Fsp3) is 0.200. The standard InChI is InChI=1S/C10H8ClN5O2/c1-17-5-6-2-7(15-18-6)10-14-13-9-4-12-3-8(11)16(9)10/h2-4H,5H2,1H3. The number of methoxy groups -OCH3 is 1. The molecular formula is C10H8ClN5O2. The molecule has 0 spiro atoms. The van der Waals surface area contributed by atoms with Crippen LogP contribution in [0.2, 0.25) is 5.15 Å². The maximum Gasteiger partial charge on any atom is 0.191 e. The lowest BCUT2D eigenvalue weighted by Gasteiger charge is -1.97. The van der Waals surface area contributed by atoms with Crippen molar-refractivity contribution in [1.82, 2.24) is 24.7 Å². The molecule has 0 aliphatic heterocycles. The van der Waals surface area contributed by atoms with Crippen molar-refractivity contribution >= 4 is 17.2 Å². The van der Waals surface area contributed by atoms with E-state index in [2.05, 4.69) is 20.3 Å². The van der Waals surface area contributed by atoms with Crippen molar-refractivity contribution in [1.29, 1.82) is 0 Å². The molecule has 3 aromatic rings. The minimum atomic E-state index is 0.346. The van der Waals surface area contributed by atoms with E-state index in [9.17, 15) is 0 Å². The molecule has 92 valence electrons. The van der Waals surface area contributed by atoms with E-state index >= 15 is 0 Å². The van der Waals surface area contributed by atoms with E-state index in [0.717, 1.165) is 0 Å². The van der Waals surface area contributed by atoms with E-state index in [1.165, 1.54) is 6.20 Å². The molecule has 0 atom stereocenters. The average Bonchev–Trinajstić information content (AvgIpc) is 2.96. The first-order chi connectivity index (χ1) is 8.79. The highest BCUT2D eigenvalue weighted by atomic mass is 35.5. The summed E-state index contributed by atoms with van der Waals surface area (Å²) in [6, 6.07) is 1.73. The van der Waals surface area contributed by atoms with E-state index in [0.29, 0.717) is 34.7 Å². The number of fused-ring (bicyclic) bond motifs is 1. The van der Waals surface area contributed by atoms with Crippen LogP contribution in [0.25, 0.3) is 17.2 Å². The molecule has 3 rings (SSSR count). The summed E-state index contributed by atoms with van der Waals surface area (Å²) in [4.78, 5) is 3.93. The lowest BCUT2D eigenvalue weighted by atomic mass is 10.3. The first kappa shape index (κ1) is 11.1. The number of hydrogen-bond donors (Lipinski definition) is 0. The third-order valence-electron chi connectivity index (χ3n) is 2.35. The molecule has 0 saturated heterocycles. The highest BCUT2D eigenvalue weighted by Crippen LogP contribution is 2.21. The Hall–Kier alpha value is -1.99. The average molecular weight is 266 g/mol. The number of nitrogens with zero attached hydrogens (tertiary/aromatic N) is 5. The van der Waals surface area contributed by atoms with E-state index < -0.39 is 0 Å². The summed E-state index contributed by atoms with van der Waals surface area (Å²) in [6.45, 7) is 0.346. The second-order valence-electron chi connectivity index (χ2n) is 3.56. The zero-order valence-electron chi connectivity index (χ0n) is 9.37. The van der Waals surface area contributed by atoms with Gasteiger partial charge in [0.25, 0.3) is 0 Å². The molecule has 8 heteroatoms. The van der Waals surface area contributed by atoms with Crippen LogP contribution >= 0.6 is 11.6 Å². The fourth-order valence-electron chi connectivity index (χ4n) is 1.61. The van der Waals surface area contributed by atoms with Crippen molar-refractivity contribution in [3.63, 3.8) is 0 Å². The fourth-order valence-corrected chi connectivity index (χ4v) is 1.83. The summed E-state index contributed by atoms with van der Waals surface area (Å²) in [6.07, 6.45) is 3.08. The predicted molar refractivity (Wildman–Crippen MR) is 62.0 cm³/mol. The van der Waals surface area contributed by atoms with E-state index in [1.54, 1.807) is 23.8 Å². The van der Waals surface area contributed by atoms with Gasteiger partial charge in [0.1, 0.15) is 11.8 Å². The van der Waals surface area contributed by atoms with Crippen molar-refractivity contribution in [3.05, 3.63) is 29.4 Å². The summed E-state index contributed by atoms with van der Waals surface area (Å²) < 4.78 is 11.7. The molecule has 0 saturated carbocycles. The Balaban J connectivity index is 2.13. The molecule has 0 N–H and O–H groups in total. The van der Waals surface area contributed by atoms with Gasteiger partial charge in [-0.1, -0.05) is 16.8 Å². The van der Waals surface area contributed by atoms with Gasteiger partial charge in [-0.3, -0.25) is 9.38 Å². The Kier molecular flexibility index (Phi) is 2.69. The molecule has 7 nitrogen and oxygen atoms in total. The van der Waals surface area contributed by atoms with E-state index in [-0.39, 0.29) is 0 Å². The van der Waals surface area contributed by atoms with Crippen LogP contribution in [0.3, 0.4) is 0 Å². The molecule has 0 bridgehead atoms. The zero-order chi connectivity index (χ0) is 12.5. The number of rotatable bonds is 3. The number of halogens is 1. The van der Waals surface area contributed by atoms with Crippen LogP contribution in [0.4, 0.5) is 0 Å². The Morgan fingerprint density at radius 2 is 2.28 bits per heavy atom. The smallest absolute Gasteiger partial charge is 0.191 e. The largest absolute Gasteiger partial charge is 0.377 e. The van der Waals surface area contributed by atoms with Crippen molar-refractivity contribution in [3.8, 4) is 11.5 Å². The zero-order valence-corrected chi connectivity index (χ0v) is 10.1. The molecular weight excluding hydrogens is 258 g/mol. The Labute approximate surface area is 106 Å². The van der Waals surface area contributed by atoms with Gasteiger partial charge in [0.2, 0.25) is 0 Å². The number of hydrogen-bond acceptors (Lipinski definition) is 6. The minimum absolute atomic E-state index is 0.346. The lowest BCUT2D eigenvalue weighted by molar-refractivity contribution is 0.156. The maximum absolute atomic E-state index is 6.06. The van der Waals surface area contributed by atoms with Gasteiger partial charge in [-0.2, -0.15) is 0 Å². The molecule has 0 aromatic carbocycles. The van der Waals surface area contributed by atoms with Crippen LogP contribution in [-0.2, 0) is 11.3 Å². The monoisotopic (exact) mass is 265 g/mol. The van der Waals surface area contributed by atoms with Crippen LogP contribution in [0.5, 0.6) is 0 Å². The molecule has 0 fully saturated rings. The Morgan fingerprint density at radius 1 is 1.39 bits per heavy atom. The van der Waals surface area contributed by atoms with Crippen molar-refractivity contribution in [2.75, 3.05) is 7.11 Å². The quantitative estimate of drug-likeness (QED) is 0.715. The van der Waals surface area contributed by atoms with Gasteiger partial charge >= 0.3 is 0 Å². The van der Waals surface area contributed by atoms with Crippen LogP contribution in [-0.4, -0.2) is 31.8 Å². The van der Waals surface area contributed by atoms with Crippen LogP contribution in [0, 0.1) is 0 Å². The molecule has 0 aliphatic carbocycles. The van der Waals surface area contributed by atoms with Gasteiger partial charge in [0.05, 0.1) is 12.4 Å². The summed E-state index contributed by atoms with van der Waals surface area (Å²) in [7, 11) is 1.58. The lowest BCUT2D eigenvalue weighted by Crippen LogP contribution is -1.92. The molecule has 0 radical (unpaired) electrons. The van der Waals surface area contributed by atoms with Crippen molar-refractivity contribution in [2.45, 2.75) is 6.61 Å². The normalized spacial score (nSPS) is 11.2. The second kappa shape index (κ2) is 4.35. The van der Waals surface area contributed by atoms with E-state index in [1.807, 2.05) is 0 Å². The molecule has 0 aliphatic rings. The molecule has 3 aromatic heterocycles. The maximum atomic E-state index is 6.06. The van der Waals surface area contributed by atoms with Gasteiger partial charge in [-0.25, -0.2) is 0 Å². The highest BCUT2D eigenvalue weighted by Gasteiger charge is 2.15. The molecule has 0 amide bonds. The predicted octanol–water partition coefficient (Wildman–Crippen LogP) is 1.58. The summed E-state index contributed by atoms with van der Waals surface area (Å²) >= 11 is 6.06. The highest BCUT2D eigenvalue weighted by molar-refractivity contribution is 6.29. The van der Waals surface area contributed by atoms with Crippen LogP contribution < -0.4 is 0 Å². The second-order valence-corrected chi connectivity index (χ2v) is 3.95. The SMILES string of the molecule is COCc1cc(-c2nnc3cncc(Cl)n23)no1. The summed E-state index contributed by atoms with van der Waals surface area (Å²) in [5.41, 5.74) is 1.09. The van der Waals surface area contributed by atoms with Gasteiger partial charge < -0.3 is 9.26 Å². The van der Waals surface area contributed by atoms with E-state index in [4.69, 9.17) is 20.9 Å². The van der Waals surface area contributed by atoms with Crippen molar-refractivity contribution < 1.29 is 9.26 Å². The number of ether oxygens (including phenoxy) is 1. The minimum Gasteiger partial charge on any atom is -0.377 e. The first-order valence-electron chi connectivity index (χ1n) is 5.09. The first-order valence-corrected chi connectivity index (χ1v) is 5.47. The van der Waals surface area contributed by atoms with Gasteiger partial charge in [-0.15, -0.1) is 10.2 Å². The van der Waals surface area contributed by atoms with Crippen LogP contribution in [0.1, 0.15) is 5.76 Å².